The van der Waals surface area contributed by atoms with Crippen molar-refractivity contribution in [2.75, 3.05) is 16.9 Å². The summed E-state index contributed by atoms with van der Waals surface area (Å²) in [4.78, 5) is 8.78. The highest BCUT2D eigenvalue weighted by Crippen LogP contribution is 2.30. The molecule has 0 bridgehead atoms. The molecular formula is C21H23ClN4O2S. The summed E-state index contributed by atoms with van der Waals surface area (Å²) in [5.41, 5.74) is 3.86. The lowest BCUT2D eigenvalue weighted by atomic mass is 10.0. The normalized spacial score (nSPS) is 14.2. The number of nitrogens with zero attached hydrogens (tertiary/aromatic N) is 2. The van der Waals surface area contributed by atoms with Crippen molar-refractivity contribution in [3.05, 3.63) is 54.4 Å². The number of nitrogens with one attached hydrogen (secondary N) is 2. The molecule has 0 amide bonds. The summed E-state index contributed by atoms with van der Waals surface area (Å²) in [6, 6.07) is 14.5. The Labute approximate surface area is 175 Å². The molecule has 3 aromatic rings. The first kappa shape index (κ1) is 20.1. The van der Waals surface area contributed by atoms with Crippen molar-refractivity contribution >= 4 is 38.3 Å². The molecule has 1 fully saturated rings. The minimum Gasteiger partial charge on any atom is -0.367 e. The van der Waals surface area contributed by atoms with Crippen molar-refractivity contribution in [3.63, 3.8) is 0 Å². The van der Waals surface area contributed by atoms with Crippen molar-refractivity contribution in [1.82, 2.24) is 14.7 Å². The molecule has 0 saturated heterocycles. The van der Waals surface area contributed by atoms with Gasteiger partial charge in [0, 0.05) is 23.9 Å². The van der Waals surface area contributed by atoms with E-state index in [2.05, 4.69) is 26.1 Å². The van der Waals surface area contributed by atoms with E-state index in [1.165, 1.54) is 12.8 Å². The van der Waals surface area contributed by atoms with Crippen LogP contribution in [0, 0.1) is 0 Å². The smallest absolute Gasteiger partial charge is 0.211 e. The van der Waals surface area contributed by atoms with Crippen molar-refractivity contribution in [2.24, 2.45) is 0 Å². The third-order valence-electron chi connectivity index (χ3n) is 4.86. The maximum Gasteiger partial charge on any atom is 0.211 e. The Morgan fingerprint density at radius 3 is 2.69 bits per heavy atom. The quantitative estimate of drug-likeness (QED) is 0.502. The van der Waals surface area contributed by atoms with E-state index in [0.29, 0.717) is 18.3 Å². The van der Waals surface area contributed by atoms with Gasteiger partial charge in [-0.05, 0) is 54.2 Å². The molecule has 0 spiro atoms. The predicted octanol–water partition coefficient (Wildman–Crippen LogP) is 3.92. The lowest BCUT2D eigenvalue weighted by molar-refractivity contribution is 0.580. The fourth-order valence-electron chi connectivity index (χ4n) is 3.14. The summed E-state index contributed by atoms with van der Waals surface area (Å²) in [5.74, 6) is 1.24. The van der Waals surface area contributed by atoms with E-state index < -0.39 is 10.0 Å². The molecule has 8 heteroatoms. The first-order chi connectivity index (χ1) is 14.0. The number of benzene rings is 2. The molecule has 152 valence electrons. The van der Waals surface area contributed by atoms with Crippen LogP contribution in [0.15, 0.2) is 48.8 Å². The third kappa shape index (κ3) is 5.23. The Hall–Kier alpha value is -2.22. The zero-order valence-electron chi connectivity index (χ0n) is 15.9. The number of aromatic nitrogens is 2. The van der Waals surface area contributed by atoms with Crippen LogP contribution in [0.5, 0.6) is 0 Å². The Bertz CT molecular complexity index is 1120. The number of halogens is 1. The van der Waals surface area contributed by atoms with Gasteiger partial charge in [0.25, 0.3) is 0 Å². The van der Waals surface area contributed by atoms with Crippen LogP contribution in [0.1, 0.15) is 24.8 Å². The summed E-state index contributed by atoms with van der Waals surface area (Å²) < 4.78 is 26.6. The van der Waals surface area contributed by atoms with Gasteiger partial charge in [-0.1, -0.05) is 24.3 Å². The standard InChI is InChI=1S/C21H23ClN4O2S/c22-9-2-10-29(27,28)25-13-15-3-1-4-16(11-15)17-5-8-20-19(12-17)21(24-14-23-20)26-18-6-7-18/h1,3-5,8,11-12,14,18,25H,2,6-7,9-10,13H2,(H,23,24,26). The fourth-order valence-corrected chi connectivity index (χ4v) is 4.49. The molecule has 1 aliphatic rings. The van der Waals surface area contributed by atoms with E-state index in [0.717, 1.165) is 33.4 Å². The van der Waals surface area contributed by atoms with Gasteiger partial charge in [0.05, 0.1) is 11.3 Å². The summed E-state index contributed by atoms with van der Waals surface area (Å²) in [5, 5.41) is 4.46. The zero-order chi connectivity index (χ0) is 20.3. The molecule has 4 rings (SSSR count). The molecule has 6 nitrogen and oxygen atoms in total. The van der Waals surface area contributed by atoms with Crippen molar-refractivity contribution in [1.29, 1.82) is 0 Å². The Morgan fingerprint density at radius 2 is 1.90 bits per heavy atom. The Kier molecular flexibility index (Phi) is 5.99. The highest BCUT2D eigenvalue weighted by atomic mass is 35.5. The second-order valence-corrected chi connectivity index (χ2v) is 9.56. The molecule has 1 saturated carbocycles. The second-order valence-electron chi connectivity index (χ2n) is 7.26. The molecule has 1 aromatic heterocycles. The van der Waals surface area contributed by atoms with E-state index in [-0.39, 0.29) is 12.3 Å². The topological polar surface area (TPSA) is 84.0 Å². The van der Waals surface area contributed by atoms with Gasteiger partial charge in [0.1, 0.15) is 12.1 Å². The summed E-state index contributed by atoms with van der Waals surface area (Å²) in [7, 11) is -3.32. The van der Waals surface area contributed by atoms with Gasteiger partial charge < -0.3 is 5.32 Å². The third-order valence-corrected chi connectivity index (χ3v) is 6.53. The highest BCUT2D eigenvalue weighted by Gasteiger charge is 2.22. The zero-order valence-corrected chi connectivity index (χ0v) is 17.5. The average molecular weight is 431 g/mol. The van der Waals surface area contributed by atoms with Crippen LogP contribution in [0.3, 0.4) is 0 Å². The van der Waals surface area contributed by atoms with Gasteiger partial charge in [-0.15, -0.1) is 11.6 Å². The van der Waals surface area contributed by atoms with E-state index in [4.69, 9.17) is 11.6 Å². The molecule has 1 heterocycles. The molecular weight excluding hydrogens is 408 g/mol. The first-order valence-corrected chi connectivity index (χ1v) is 11.9. The molecule has 0 atom stereocenters. The van der Waals surface area contributed by atoms with E-state index >= 15 is 0 Å². The SMILES string of the molecule is O=S(=O)(CCCCl)NCc1cccc(-c2ccc3ncnc(NC4CC4)c3c2)c1. The van der Waals surface area contributed by atoms with E-state index in [9.17, 15) is 8.42 Å². The number of alkyl halides is 1. The summed E-state index contributed by atoms with van der Waals surface area (Å²) >= 11 is 5.59. The van der Waals surface area contributed by atoms with Crippen LogP contribution < -0.4 is 10.0 Å². The van der Waals surface area contributed by atoms with Gasteiger partial charge in [-0.3, -0.25) is 0 Å². The number of rotatable bonds is 9. The summed E-state index contributed by atoms with van der Waals surface area (Å²) in [6.45, 7) is 0.254. The van der Waals surface area contributed by atoms with Crippen LogP contribution >= 0.6 is 11.6 Å². The molecule has 1 aliphatic carbocycles. The Balaban J connectivity index is 1.56. The van der Waals surface area contributed by atoms with Gasteiger partial charge in [-0.25, -0.2) is 23.1 Å². The Morgan fingerprint density at radius 1 is 1.07 bits per heavy atom. The van der Waals surface area contributed by atoms with Crippen LogP contribution in [0.4, 0.5) is 5.82 Å². The summed E-state index contributed by atoms with van der Waals surface area (Å²) in [6.07, 6.45) is 4.37. The number of hydrogen-bond acceptors (Lipinski definition) is 5. The van der Waals surface area contributed by atoms with Gasteiger partial charge >= 0.3 is 0 Å². The largest absolute Gasteiger partial charge is 0.367 e. The fraction of sp³-hybridized carbons (Fsp3) is 0.333. The minimum atomic E-state index is -3.32. The first-order valence-electron chi connectivity index (χ1n) is 9.68. The average Bonchev–Trinajstić information content (AvgIpc) is 3.55. The molecule has 0 radical (unpaired) electrons. The van der Waals surface area contributed by atoms with Gasteiger partial charge in [0.15, 0.2) is 0 Å². The second kappa shape index (κ2) is 8.65. The highest BCUT2D eigenvalue weighted by molar-refractivity contribution is 7.89. The van der Waals surface area contributed by atoms with Crippen molar-refractivity contribution in [2.45, 2.75) is 31.8 Å². The number of hydrogen-bond donors (Lipinski definition) is 2. The molecule has 29 heavy (non-hydrogen) atoms. The van der Waals surface area contributed by atoms with Crippen LogP contribution in [-0.2, 0) is 16.6 Å². The maximum absolute atomic E-state index is 12.0. The van der Waals surface area contributed by atoms with Crippen LogP contribution in [0.2, 0.25) is 0 Å². The lowest BCUT2D eigenvalue weighted by Crippen LogP contribution is -2.26. The maximum atomic E-state index is 12.0. The van der Waals surface area contributed by atoms with E-state index in [1.54, 1.807) is 6.33 Å². The van der Waals surface area contributed by atoms with Crippen molar-refractivity contribution < 1.29 is 8.42 Å². The number of sulfonamides is 1. The van der Waals surface area contributed by atoms with E-state index in [1.807, 2.05) is 36.4 Å². The molecule has 0 unspecified atom stereocenters. The van der Waals surface area contributed by atoms with Gasteiger partial charge in [0.2, 0.25) is 10.0 Å². The molecule has 2 N–H and O–H groups in total. The molecule has 2 aromatic carbocycles. The predicted molar refractivity (Wildman–Crippen MR) is 118 cm³/mol. The van der Waals surface area contributed by atoms with Crippen LogP contribution in [-0.4, -0.2) is 36.1 Å². The number of anilines is 1. The minimum absolute atomic E-state index is 0.0393. The van der Waals surface area contributed by atoms with Crippen LogP contribution in [0.25, 0.3) is 22.0 Å². The number of fused-ring (bicyclic) bond motifs is 1. The van der Waals surface area contributed by atoms with Crippen molar-refractivity contribution in [3.8, 4) is 11.1 Å². The lowest BCUT2D eigenvalue weighted by Gasteiger charge is -2.10. The monoisotopic (exact) mass is 430 g/mol. The van der Waals surface area contributed by atoms with Gasteiger partial charge in [-0.2, -0.15) is 0 Å². The molecule has 0 aliphatic heterocycles.